The number of nitrogens with one attached hydrogen (secondary N) is 3. The van der Waals surface area contributed by atoms with Crippen LogP contribution >= 0.6 is 23.2 Å². The molecule has 0 radical (unpaired) electrons. The molecular formula is C16H15Cl2N3O6S. The first-order valence-corrected chi connectivity index (χ1v) is 9.86. The van der Waals surface area contributed by atoms with Crippen LogP contribution in [0.2, 0.25) is 10.0 Å². The van der Waals surface area contributed by atoms with Crippen LogP contribution in [0.3, 0.4) is 0 Å². The molecule has 0 aliphatic carbocycles. The fourth-order valence-electron chi connectivity index (χ4n) is 2.08. The van der Waals surface area contributed by atoms with E-state index < -0.39 is 38.7 Å². The number of anilines is 2. The van der Waals surface area contributed by atoms with E-state index in [1.165, 1.54) is 12.1 Å². The van der Waals surface area contributed by atoms with Crippen LogP contribution in [0, 0.1) is 0 Å². The maximum atomic E-state index is 12.4. The highest BCUT2D eigenvalue weighted by molar-refractivity contribution is 7.89. The Labute approximate surface area is 170 Å². The largest absolute Gasteiger partial charge is 0.504 e. The average molecular weight is 448 g/mol. The maximum absolute atomic E-state index is 12.4. The van der Waals surface area contributed by atoms with Crippen LogP contribution in [0.4, 0.5) is 16.2 Å². The molecule has 0 aliphatic rings. The van der Waals surface area contributed by atoms with Gasteiger partial charge in [0.1, 0.15) is 10.9 Å². The fourth-order valence-corrected chi connectivity index (χ4v) is 4.10. The lowest BCUT2D eigenvalue weighted by atomic mass is 10.3. The predicted molar refractivity (Wildman–Crippen MR) is 105 cm³/mol. The van der Waals surface area contributed by atoms with Gasteiger partial charge in [0.15, 0.2) is 5.75 Å². The molecule has 28 heavy (non-hydrogen) atoms. The summed E-state index contributed by atoms with van der Waals surface area (Å²) in [5.41, 5.74) is 0.0252. The molecule has 9 nitrogen and oxygen atoms in total. The molecule has 0 bridgehead atoms. The number of sulfonamides is 1. The molecule has 0 saturated carbocycles. The Morgan fingerprint density at radius 2 is 1.61 bits per heavy atom. The molecule has 0 fully saturated rings. The first kappa shape index (κ1) is 21.8. The predicted octanol–water partition coefficient (Wildman–Crippen LogP) is 3.09. The molecule has 2 aromatic rings. The third-order valence-corrected chi connectivity index (χ3v) is 5.80. The number of benzene rings is 2. The van der Waals surface area contributed by atoms with Crippen molar-refractivity contribution in [1.29, 1.82) is 0 Å². The van der Waals surface area contributed by atoms with Crippen molar-refractivity contribution in [3.8, 4) is 5.75 Å². The maximum Gasteiger partial charge on any atom is 0.323 e. The summed E-state index contributed by atoms with van der Waals surface area (Å²) in [6, 6.07) is 6.44. The standard InChI is InChI=1S/C16H15Cl2N3O6S/c1-8(15(23)24)21-28(26,27)14-10(18)6-7-12(13(14)22)20-16(25)19-11-5-3-2-4-9(11)17/h2-8,21-22H,1H3,(H,23,24)(H2,19,20,25). The molecule has 150 valence electrons. The number of rotatable bonds is 6. The molecular weight excluding hydrogens is 433 g/mol. The Balaban J connectivity index is 2.30. The minimum Gasteiger partial charge on any atom is -0.504 e. The zero-order chi connectivity index (χ0) is 21.1. The van der Waals surface area contributed by atoms with Gasteiger partial charge in [-0.25, -0.2) is 13.2 Å². The molecule has 5 N–H and O–H groups in total. The van der Waals surface area contributed by atoms with Crippen molar-refractivity contribution in [2.75, 3.05) is 10.6 Å². The summed E-state index contributed by atoms with van der Waals surface area (Å²) in [5.74, 6) is -2.28. The van der Waals surface area contributed by atoms with Crippen LogP contribution in [-0.2, 0) is 14.8 Å². The average Bonchev–Trinajstić information content (AvgIpc) is 2.59. The number of phenols is 1. The van der Waals surface area contributed by atoms with Crippen molar-refractivity contribution in [2.24, 2.45) is 0 Å². The van der Waals surface area contributed by atoms with Gasteiger partial charge in [0.2, 0.25) is 10.0 Å². The normalized spacial score (nSPS) is 12.2. The summed E-state index contributed by atoms with van der Waals surface area (Å²) in [6.45, 7) is 1.10. The number of para-hydroxylation sites is 1. The van der Waals surface area contributed by atoms with Gasteiger partial charge in [0.05, 0.1) is 21.4 Å². The quantitative estimate of drug-likeness (QED) is 0.430. The first-order chi connectivity index (χ1) is 13.0. The Morgan fingerprint density at radius 3 is 2.21 bits per heavy atom. The molecule has 1 unspecified atom stereocenters. The van der Waals surface area contributed by atoms with Gasteiger partial charge < -0.3 is 20.8 Å². The van der Waals surface area contributed by atoms with E-state index in [2.05, 4.69) is 10.6 Å². The van der Waals surface area contributed by atoms with Crippen LogP contribution in [0.1, 0.15) is 6.92 Å². The molecule has 0 aromatic heterocycles. The van der Waals surface area contributed by atoms with Crippen molar-refractivity contribution >= 4 is 56.6 Å². The molecule has 2 aromatic carbocycles. The molecule has 12 heteroatoms. The minimum absolute atomic E-state index is 0.266. The number of carbonyl (C=O) groups excluding carboxylic acids is 1. The zero-order valence-electron chi connectivity index (χ0n) is 14.2. The highest BCUT2D eigenvalue weighted by Gasteiger charge is 2.28. The highest BCUT2D eigenvalue weighted by Crippen LogP contribution is 2.37. The lowest BCUT2D eigenvalue weighted by Gasteiger charge is -2.15. The second-order valence-electron chi connectivity index (χ2n) is 5.51. The molecule has 2 amide bonds. The molecule has 0 heterocycles. The number of carboxylic acids is 1. The third-order valence-electron chi connectivity index (χ3n) is 3.42. The van der Waals surface area contributed by atoms with Crippen molar-refractivity contribution in [1.82, 2.24) is 4.72 Å². The van der Waals surface area contributed by atoms with E-state index in [-0.39, 0.29) is 15.7 Å². The van der Waals surface area contributed by atoms with Crippen LogP contribution < -0.4 is 15.4 Å². The summed E-state index contributed by atoms with van der Waals surface area (Å²) in [4.78, 5) is 22.3. The van der Waals surface area contributed by atoms with Crippen molar-refractivity contribution in [3.63, 3.8) is 0 Å². The van der Waals surface area contributed by atoms with E-state index in [1.807, 2.05) is 4.72 Å². The lowest BCUT2D eigenvalue weighted by molar-refractivity contribution is -0.138. The third kappa shape index (κ3) is 5.04. The first-order valence-electron chi connectivity index (χ1n) is 7.62. The number of phenolic OH excluding ortho intramolecular Hbond substituents is 1. The molecule has 1 atom stereocenters. The number of aliphatic carboxylic acids is 1. The van der Waals surface area contributed by atoms with Gasteiger partial charge >= 0.3 is 12.0 Å². The zero-order valence-corrected chi connectivity index (χ0v) is 16.6. The lowest BCUT2D eigenvalue weighted by Crippen LogP contribution is -2.38. The number of carboxylic acid groups (broad SMARTS) is 1. The monoisotopic (exact) mass is 447 g/mol. The topological polar surface area (TPSA) is 145 Å². The van der Waals surface area contributed by atoms with Crippen LogP contribution in [0.15, 0.2) is 41.3 Å². The SMILES string of the molecule is CC(NS(=O)(=O)c1c(Cl)ccc(NC(=O)Nc2ccccc2Cl)c1O)C(=O)O. The van der Waals surface area contributed by atoms with Gasteiger partial charge in [0.25, 0.3) is 0 Å². The summed E-state index contributed by atoms with van der Waals surface area (Å²) < 4.78 is 26.7. The van der Waals surface area contributed by atoms with Crippen LogP contribution in [-0.4, -0.2) is 36.7 Å². The smallest absolute Gasteiger partial charge is 0.323 e. The van der Waals surface area contributed by atoms with Gasteiger partial charge in [-0.1, -0.05) is 35.3 Å². The van der Waals surface area contributed by atoms with Gasteiger partial charge in [-0.3, -0.25) is 4.79 Å². The molecule has 0 spiro atoms. The number of halogens is 2. The Morgan fingerprint density at radius 1 is 1.00 bits per heavy atom. The summed E-state index contributed by atoms with van der Waals surface area (Å²) in [6.07, 6.45) is 0. The van der Waals surface area contributed by atoms with Crippen LogP contribution in [0.25, 0.3) is 0 Å². The minimum atomic E-state index is -4.50. The number of urea groups is 1. The van der Waals surface area contributed by atoms with Crippen molar-refractivity contribution in [3.05, 3.63) is 46.4 Å². The van der Waals surface area contributed by atoms with Gasteiger partial charge in [0, 0.05) is 0 Å². The molecule has 0 aliphatic heterocycles. The van der Waals surface area contributed by atoms with E-state index >= 15 is 0 Å². The second kappa shape index (κ2) is 8.65. The Kier molecular flexibility index (Phi) is 6.73. The Bertz CT molecular complexity index is 1030. The Hall–Kier alpha value is -2.53. The second-order valence-corrected chi connectivity index (χ2v) is 7.98. The van der Waals surface area contributed by atoms with Gasteiger partial charge in [-0.15, -0.1) is 0 Å². The number of aromatic hydroxyl groups is 1. The number of hydrogen-bond donors (Lipinski definition) is 5. The molecule has 2 rings (SSSR count). The van der Waals surface area contributed by atoms with Crippen molar-refractivity contribution < 1.29 is 28.2 Å². The van der Waals surface area contributed by atoms with E-state index in [0.29, 0.717) is 5.69 Å². The number of amides is 2. The summed E-state index contributed by atoms with van der Waals surface area (Å²) >= 11 is 11.8. The van der Waals surface area contributed by atoms with E-state index in [4.69, 9.17) is 28.3 Å². The van der Waals surface area contributed by atoms with E-state index in [0.717, 1.165) is 13.0 Å². The summed E-state index contributed by atoms with van der Waals surface area (Å²) in [5, 5.41) is 23.8. The number of carbonyl (C=O) groups is 2. The van der Waals surface area contributed by atoms with Crippen LogP contribution in [0.5, 0.6) is 5.75 Å². The van der Waals surface area contributed by atoms with E-state index in [1.54, 1.807) is 18.2 Å². The number of hydrogen-bond acceptors (Lipinski definition) is 5. The fraction of sp³-hybridized carbons (Fsp3) is 0.125. The highest BCUT2D eigenvalue weighted by atomic mass is 35.5. The molecule has 0 saturated heterocycles. The van der Waals surface area contributed by atoms with Gasteiger partial charge in [-0.05, 0) is 31.2 Å². The van der Waals surface area contributed by atoms with E-state index in [9.17, 15) is 23.1 Å². The summed E-state index contributed by atoms with van der Waals surface area (Å²) in [7, 11) is -4.50. The van der Waals surface area contributed by atoms with Gasteiger partial charge in [-0.2, -0.15) is 4.72 Å². The van der Waals surface area contributed by atoms with Crippen molar-refractivity contribution in [2.45, 2.75) is 17.9 Å².